The number of anilines is 1. The highest BCUT2D eigenvalue weighted by molar-refractivity contribution is 6.20. The fourth-order valence-corrected chi connectivity index (χ4v) is 3.97. The first-order chi connectivity index (χ1) is 16.4. The standard InChI is InChI=1S/C27H34N4O3/c1-4-5-6-7-11-18-23(32)28-19(2)26(33)30-25-27(34)31(3)22-17-13-12-16-21(22)24(29-25)20-14-9-8-10-15-20/h8-10,12-17,19,25H,4-7,11,18H2,1-3H3,(H,28,32)(H,30,33)/t19-,25+/m0/s1. The Balaban J connectivity index is 1.73. The van der Waals surface area contributed by atoms with Crippen molar-refractivity contribution in [2.24, 2.45) is 4.99 Å². The maximum absolute atomic E-state index is 13.2. The number of carbonyl (C=O) groups is 3. The van der Waals surface area contributed by atoms with Crippen molar-refractivity contribution in [3.05, 3.63) is 65.7 Å². The van der Waals surface area contributed by atoms with E-state index in [0.717, 1.165) is 42.5 Å². The van der Waals surface area contributed by atoms with Gasteiger partial charge in [-0.15, -0.1) is 0 Å². The van der Waals surface area contributed by atoms with E-state index in [1.807, 2.05) is 54.6 Å². The molecule has 34 heavy (non-hydrogen) atoms. The zero-order valence-corrected chi connectivity index (χ0v) is 20.2. The maximum Gasteiger partial charge on any atom is 0.272 e. The largest absolute Gasteiger partial charge is 0.345 e. The molecule has 0 saturated carbocycles. The van der Waals surface area contributed by atoms with E-state index in [9.17, 15) is 14.4 Å². The van der Waals surface area contributed by atoms with Crippen LogP contribution in [0.2, 0.25) is 0 Å². The van der Waals surface area contributed by atoms with Gasteiger partial charge >= 0.3 is 0 Å². The summed E-state index contributed by atoms with van der Waals surface area (Å²) in [6.45, 7) is 3.76. The number of amides is 3. The van der Waals surface area contributed by atoms with Crippen LogP contribution in [0, 0.1) is 0 Å². The second-order valence-electron chi connectivity index (χ2n) is 8.62. The highest BCUT2D eigenvalue weighted by atomic mass is 16.2. The van der Waals surface area contributed by atoms with Gasteiger partial charge in [-0.05, 0) is 19.4 Å². The molecule has 3 amide bonds. The highest BCUT2D eigenvalue weighted by Crippen LogP contribution is 2.27. The second kappa shape index (κ2) is 12.1. The summed E-state index contributed by atoms with van der Waals surface area (Å²) >= 11 is 0. The first kappa shape index (κ1) is 25.1. The monoisotopic (exact) mass is 462 g/mol. The third-order valence-corrected chi connectivity index (χ3v) is 5.95. The smallest absolute Gasteiger partial charge is 0.272 e. The van der Waals surface area contributed by atoms with Crippen molar-refractivity contribution in [1.82, 2.24) is 10.6 Å². The lowest BCUT2D eigenvalue weighted by atomic mass is 10.0. The third-order valence-electron chi connectivity index (χ3n) is 5.95. The number of benzene rings is 2. The molecule has 0 unspecified atom stereocenters. The minimum absolute atomic E-state index is 0.163. The van der Waals surface area contributed by atoms with Crippen LogP contribution in [-0.2, 0) is 14.4 Å². The van der Waals surface area contributed by atoms with Crippen molar-refractivity contribution in [3.63, 3.8) is 0 Å². The van der Waals surface area contributed by atoms with Gasteiger partial charge in [-0.3, -0.25) is 14.4 Å². The Hall–Kier alpha value is -3.48. The molecule has 0 spiro atoms. The van der Waals surface area contributed by atoms with E-state index in [4.69, 9.17) is 0 Å². The molecule has 1 aliphatic heterocycles. The Kier molecular flexibility index (Phi) is 8.96. The van der Waals surface area contributed by atoms with Crippen LogP contribution in [-0.4, -0.2) is 42.7 Å². The zero-order valence-electron chi connectivity index (χ0n) is 20.2. The number of hydrogen-bond donors (Lipinski definition) is 2. The van der Waals surface area contributed by atoms with Crippen molar-refractivity contribution in [3.8, 4) is 0 Å². The van der Waals surface area contributed by atoms with Gasteiger partial charge in [-0.2, -0.15) is 0 Å². The summed E-state index contributed by atoms with van der Waals surface area (Å²) < 4.78 is 0. The van der Waals surface area contributed by atoms with Crippen LogP contribution >= 0.6 is 0 Å². The molecule has 0 bridgehead atoms. The number of nitrogens with zero attached hydrogens (tertiary/aromatic N) is 2. The number of carbonyl (C=O) groups excluding carboxylic acids is 3. The van der Waals surface area contributed by atoms with Gasteiger partial charge in [0.15, 0.2) is 0 Å². The molecule has 1 aliphatic rings. The molecule has 0 aromatic heterocycles. The van der Waals surface area contributed by atoms with Gasteiger partial charge in [-0.25, -0.2) is 4.99 Å². The number of para-hydroxylation sites is 1. The average molecular weight is 463 g/mol. The summed E-state index contributed by atoms with van der Waals surface area (Å²) in [5.74, 6) is -0.960. The Labute approximate surface area is 201 Å². The van der Waals surface area contributed by atoms with E-state index in [0.29, 0.717) is 12.1 Å². The van der Waals surface area contributed by atoms with E-state index in [2.05, 4.69) is 22.5 Å². The molecule has 7 nitrogen and oxygen atoms in total. The lowest BCUT2D eigenvalue weighted by Gasteiger charge is -2.22. The normalized spacial score (nSPS) is 16.2. The number of benzodiazepines with no additional fused rings is 1. The zero-order chi connectivity index (χ0) is 24.5. The molecule has 0 fully saturated rings. The lowest BCUT2D eigenvalue weighted by Crippen LogP contribution is -2.52. The fourth-order valence-electron chi connectivity index (χ4n) is 3.97. The molecule has 2 aromatic rings. The number of rotatable bonds is 10. The predicted molar refractivity (Wildman–Crippen MR) is 135 cm³/mol. The SMILES string of the molecule is CCCCCCCC(=O)N[C@@H](C)C(=O)N[C@H]1N=C(c2ccccc2)c2ccccc2N(C)C1=O. The van der Waals surface area contributed by atoms with Gasteiger partial charge in [0.2, 0.25) is 18.0 Å². The van der Waals surface area contributed by atoms with Gasteiger partial charge < -0.3 is 15.5 Å². The number of fused-ring (bicyclic) bond motifs is 1. The lowest BCUT2D eigenvalue weighted by molar-refractivity contribution is -0.130. The van der Waals surface area contributed by atoms with E-state index < -0.39 is 18.1 Å². The third kappa shape index (κ3) is 6.31. The van der Waals surface area contributed by atoms with Crippen LogP contribution in [0.1, 0.15) is 63.5 Å². The summed E-state index contributed by atoms with van der Waals surface area (Å²) in [5, 5.41) is 5.47. The number of hydrogen-bond acceptors (Lipinski definition) is 4. The van der Waals surface area contributed by atoms with Crippen LogP contribution in [0.3, 0.4) is 0 Å². The Bertz CT molecular complexity index is 1040. The topological polar surface area (TPSA) is 90.9 Å². The Morgan fingerprint density at radius 1 is 1.00 bits per heavy atom. The minimum Gasteiger partial charge on any atom is -0.345 e. The maximum atomic E-state index is 13.2. The summed E-state index contributed by atoms with van der Waals surface area (Å²) in [7, 11) is 1.67. The van der Waals surface area contributed by atoms with E-state index in [1.54, 1.807) is 14.0 Å². The van der Waals surface area contributed by atoms with Gasteiger partial charge in [0.25, 0.3) is 5.91 Å². The quantitative estimate of drug-likeness (QED) is 0.526. The van der Waals surface area contributed by atoms with Crippen LogP contribution in [0.5, 0.6) is 0 Å². The summed E-state index contributed by atoms with van der Waals surface area (Å²) in [5.41, 5.74) is 3.01. The molecule has 180 valence electrons. The number of likely N-dealkylation sites (N-methyl/N-ethyl adjacent to an activating group) is 1. The van der Waals surface area contributed by atoms with Crippen molar-refractivity contribution in [2.45, 2.75) is 64.6 Å². The Morgan fingerprint density at radius 2 is 1.68 bits per heavy atom. The van der Waals surface area contributed by atoms with Crippen LogP contribution in [0.15, 0.2) is 59.6 Å². The first-order valence-electron chi connectivity index (χ1n) is 12.0. The van der Waals surface area contributed by atoms with Gasteiger partial charge in [0.1, 0.15) is 6.04 Å². The van der Waals surface area contributed by atoms with Gasteiger partial charge in [0, 0.05) is 24.6 Å². The molecule has 2 N–H and O–H groups in total. The van der Waals surface area contributed by atoms with Crippen molar-refractivity contribution >= 4 is 29.1 Å². The molecule has 0 radical (unpaired) electrons. The highest BCUT2D eigenvalue weighted by Gasteiger charge is 2.32. The van der Waals surface area contributed by atoms with Crippen molar-refractivity contribution in [1.29, 1.82) is 0 Å². The van der Waals surface area contributed by atoms with Crippen LogP contribution in [0.4, 0.5) is 5.69 Å². The molecule has 2 atom stereocenters. The molecule has 2 aromatic carbocycles. The number of aliphatic imine (C=N–C) groups is 1. The molecule has 0 aliphatic carbocycles. The first-order valence-corrected chi connectivity index (χ1v) is 12.0. The molecular formula is C27H34N4O3. The molecule has 0 saturated heterocycles. The summed E-state index contributed by atoms with van der Waals surface area (Å²) in [4.78, 5) is 44.5. The molecular weight excluding hydrogens is 428 g/mol. The second-order valence-corrected chi connectivity index (χ2v) is 8.62. The summed E-state index contributed by atoms with van der Waals surface area (Å²) in [6, 6.07) is 16.3. The summed E-state index contributed by atoms with van der Waals surface area (Å²) in [6.07, 6.45) is 4.52. The number of nitrogens with one attached hydrogen (secondary N) is 2. The van der Waals surface area contributed by atoms with E-state index >= 15 is 0 Å². The van der Waals surface area contributed by atoms with E-state index in [-0.39, 0.29) is 11.8 Å². The molecule has 3 rings (SSSR count). The minimum atomic E-state index is -1.10. The fraction of sp³-hybridized carbons (Fsp3) is 0.407. The van der Waals surface area contributed by atoms with Crippen molar-refractivity contribution < 1.29 is 14.4 Å². The average Bonchev–Trinajstić information content (AvgIpc) is 2.95. The van der Waals surface area contributed by atoms with Crippen LogP contribution in [0.25, 0.3) is 0 Å². The molecule has 7 heteroatoms. The predicted octanol–water partition coefficient (Wildman–Crippen LogP) is 3.81. The van der Waals surface area contributed by atoms with Gasteiger partial charge in [-0.1, -0.05) is 81.1 Å². The van der Waals surface area contributed by atoms with Crippen LogP contribution < -0.4 is 15.5 Å². The van der Waals surface area contributed by atoms with E-state index in [1.165, 1.54) is 11.3 Å². The number of unbranched alkanes of at least 4 members (excludes halogenated alkanes) is 4. The Morgan fingerprint density at radius 3 is 2.41 bits per heavy atom. The molecule has 1 heterocycles. The van der Waals surface area contributed by atoms with Crippen molar-refractivity contribution in [2.75, 3.05) is 11.9 Å². The van der Waals surface area contributed by atoms with Gasteiger partial charge in [0.05, 0.1) is 11.4 Å².